The third kappa shape index (κ3) is 7.11. The molecule has 3 aliphatic rings. The first-order valence-electron chi connectivity index (χ1n) is 14.8. The summed E-state index contributed by atoms with van der Waals surface area (Å²) in [4.78, 5) is 27.6. The number of likely N-dealkylation sites (N-methyl/N-ethyl adjacent to an activating group) is 1. The summed E-state index contributed by atoms with van der Waals surface area (Å²) in [6.07, 6.45) is 3.07. The second-order valence-corrected chi connectivity index (χ2v) is 12.9. The fourth-order valence-electron chi connectivity index (χ4n) is 6.54. The quantitative estimate of drug-likeness (QED) is 0.282. The molecule has 5 rings (SSSR count). The first-order valence-corrected chi connectivity index (χ1v) is 15.8. The third-order valence-electron chi connectivity index (χ3n) is 8.97. The van der Waals surface area contributed by atoms with Crippen molar-refractivity contribution in [2.24, 2.45) is 5.92 Å². The van der Waals surface area contributed by atoms with Crippen molar-refractivity contribution in [3.63, 3.8) is 0 Å². The molecule has 0 N–H and O–H groups in total. The minimum atomic E-state index is -1.03. The van der Waals surface area contributed by atoms with Gasteiger partial charge in [-0.15, -0.1) is 9.24 Å². The smallest absolute Gasteiger partial charge is 0.318 e. The lowest BCUT2D eigenvalue weighted by Crippen LogP contribution is -2.55. The molecule has 1 aliphatic carbocycles. The van der Waals surface area contributed by atoms with Gasteiger partial charge in [0, 0.05) is 48.5 Å². The average molecular weight is 631 g/mol. The Morgan fingerprint density at radius 2 is 2.05 bits per heavy atom. The van der Waals surface area contributed by atoms with Crippen molar-refractivity contribution in [1.82, 2.24) is 19.8 Å². The molecule has 2 saturated heterocycles. The van der Waals surface area contributed by atoms with Gasteiger partial charge in [0.05, 0.1) is 24.2 Å². The van der Waals surface area contributed by atoms with Gasteiger partial charge in [-0.3, -0.25) is 9.69 Å². The van der Waals surface area contributed by atoms with Crippen LogP contribution in [-0.4, -0.2) is 83.8 Å². The van der Waals surface area contributed by atoms with Gasteiger partial charge in [-0.25, -0.2) is 8.78 Å². The van der Waals surface area contributed by atoms with E-state index in [0.29, 0.717) is 37.8 Å². The summed E-state index contributed by atoms with van der Waals surface area (Å²) in [6.45, 7) is 4.77. The van der Waals surface area contributed by atoms with E-state index in [0.717, 1.165) is 47.5 Å². The van der Waals surface area contributed by atoms with Crippen LogP contribution in [0.5, 0.6) is 6.01 Å². The minimum Gasteiger partial charge on any atom is -0.462 e. The van der Waals surface area contributed by atoms with Gasteiger partial charge in [0.2, 0.25) is 0 Å². The first-order chi connectivity index (χ1) is 20.7. The van der Waals surface area contributed by atoms with Crippen molar-refractivity contribution >= 4 is 32.6 Å². The molecule has 1 aromatic carbocycles. The number of carbonyl (C=O) groups excluding carboxylic acids is 1. The Labute approximate surface area is 259 Å². The summed E-state index contributed by atoms with van der Waals surface area (Å²) in [5.74, 6) is -0.761. The number of likely N-dealkylation sites (tertiary alicyclic amines) is 1. The molecule has 2 aromatic rings. The fraction of sp³-hybridized carbons (Fsp3) is 0.548. The highest BCUT2D eigenvalue weighted by Crippen LogP contribution is 2.45. The lowest BCUT2D eigenvalue weighted by atomic mass is 9.82. The highest BCUT2D eigenvalue weighted by atomic mass is 35.5. The van der Waals surface area contributed by atoms with E-state index in [9.17, 15) is 18.8 Å². The van der Waals surface area contributed by atoms with E-state index < -0.39 is 23.9 Å². The van der Waals surface area contributed by atoms with Gasteiger partial charge in [-0.05, 0) is 56.7 Å². The molecule has 43 heavy (non-hydrogen) atoms. The Kier molecular flexibility index (Phi) is 10.2. The predicted octanol–water partition coefficient (Wildman–Crippen LogP) is 5.08. The van der Waals surface area contributed by atoms with Crippen LogP contribution in [0.25, 0.3) is 0 Å². The van der Waals surface area contributed by atoms with Crippen LogP contribution in [-0.2, 0) is 17.6 Å². The maximum atomic E-state index is 14.0. The maximum absolute atomic E-state index is 14.0. The Morgan fingerprint density at radius 3 is 2.74 bits per heavy atom. The molecule has 6 unspecified atom stereocenters. The van der Waals surface area contributed by atoms with Gasteiger partial charge < -0.3 is 14.5 Å². The van der Waals surface area contributed by atoms with Crippen molar-refractivity contribution in [2.45, 2.75) is 62.4 Å². The Hall–Kier alpha value is -2.86. The topological polar surface area (TPSA) is 85.6 Å². The predicted molar refractivity (Wildman–Crippen MR) is 166 cm³/mol. The average Bonchev–Trinajstić information content (AvgIpc) is 3.32. The normalized spacial score (nSPS) is 25.7. The number of hydrogen-bond donors (Lipinski definition) is 0. The number of rotatable bonds is 9. The van der Waals surface area contributed by atoms with Crippen molar-refractivity contribution in [2.75, 3.05) is 44.7 Å². The molecule has 0 saturated carbocycles. The molecule has 12 heteroatoms. The van der Waals surface area contributed by atoms with Crippen LogP contribution >= 0.6 is 20.8 Å². The molecule has 2 aliphatic heterocycles. The summed E-state index contributed by atoms with van der Waals surface area (Å²) in [7, 11) is 4.86. The van der Waals surface area contributed by atoms with Crippen molar-refractivity contribution in [1.29, 1.82) is 5.26 Å². The van der Waals surface area contributed by atoms with E-state index in [2.05, 4.69) is 32.9 Å². The molecule has 230 valence electrons. The van der Waals surface area contributed by atoms with Gasteiger partial charge in [0.25, 0.3) is 5.91 Å². The molecule has 6 atom stereocenters. The molecule has 0 radical (unpaired) electrons. The number of carbonyl (C=O) groups is 1. The molecule has 3 heterocycles. The third-order valence-corrected chi connectivity index (χ3v) is 10.2. The van der Waals surface area contributed by atoms with E-state index >= 15 is 0 Å². The van der Waals surface area contributed by atoms with Crippen LogP contribution in [0.3, 0.4) is 0 Å². The number of ether oxygens (including phenoxy) is 1. The molecular weight excluding hydrogens is 593 g/mol. The first kappa shape index (κ1) is 31.6. The summed E-state index contributed by atoms with van der Waals surface area (Å²) in [5.41, 5.74) is 3.09. The van der Waals surface area contributed by atoms with Crippen LogP contribution < -0.4 is 9.64 Å². The summed E-state index contributed by atoms with van der Waals surface area (Å²) in [5, 5.41) is 10.2. The fourth-order valence-corrected chi connectivity index (χ4v) is 7.43. The lowest BCUT2D eigenvalue weighted by Gasteiger charge is -2.42. The molecule has 0 spiro atoms. The van der Waals surface area contributed by atoms with Crippen LogP contribution in [0, 0.1) is 17.2 Å². The van der Waals surface area contributed by atoms with Crippen LogP contribution in [0.4, 0.5) is 14.6 Å². The molecule has 0 bridgehead atoms. The zero-order valence-electron chi connectivity index (χ0n) is 24.4. The summed E-state index contributed by atoms with van der Waals surface area (Å²) >= 11 is 6.43. The summed E-state index contributed by atoms with van der Waals surface area (Å²) < 4.78 is 33.9. The maximum Gasteiger partial charge on any atom is 0.318 e. The van der Waals surface area contributed by atoms with Crippen molar-refractivity contribution < 1.29 is 18.3 Å². The Morgan fingerprint density at radius 1 is 1.26 bits per heavy atom. The number of amides is 1. The number of hydrogen-bond acceptors (Lipinski definition) is 7. The van der Waals surface area contributed by atoms with Gasteiger partial charge in [0.15, 0.2) is 5.83 Å². The van der Waals surface area contributed by atoms with Crippen molar-refractivity contribution in [3.8, 4) is 12.1 Å². The Balaban J connectivity index is 1.42. The van der Waals surface area contributed by atoms with E-state index in [1.54, 1.807) is 0 Å². The number of anilines is 1. The second kappa shape index (κ2) is 13.8. The highest BCUT2D eigenvalue weighted by Gasteiger charge is 2.37. The summed E-state index contributed by atoms with van der Waals surface area (Å²) in [6, 6.07) is 9.69. The number of halogens is 3. The van der Waals surface area contributed by atoms with E-state index in [-0.39, 0.29) is 37.3 Å². The van der Waals surface area contributed by atoms with E-state index in [1.807, 2.05) is 30.1 Å². The van der Waals surface area contributed by atoms with E-state index in [4.69, 9.17) is 26.3 Å². The van der Waals surface area contributed by atoms with Crippen LogP contribution in [0.15, 0.2) is 36.7 Å². The van der Waals surface area contributed by atoms with Gasteiger partial charge in [-0.2, -0.15) is 15.2 Å². The highest BCUT2D eigenvalue weighted by molar-refractivity contribution is 7.17. The van der Waals surface area contributed by atoms with E-state index in [1.165, 1.54) is 4.90 Å². The largest absolute Gasteiger partial charge is 0.462 e. The number of alkyl halides is 1. The number of aromatic nitrogens is 2. The number of benzene rings is 1. The van der Waals surface area contributed by atoms with Crippen molar-refractivity contribution in [3.05, 3.63) is 58.5 Å². The van der Waals surface area contributed by atoms with Gasteiger partial charge >= 0.3 is 6.01 Å². The number of nitrogens with zero attached hydrogens (tertiary/aromatic N) is 6. The zero-order valence-corrected chi connectivity index (χ0v) is 26.3. The number of aryl methyl sites for hydroxylation is 1. The van der Waals surface area contributed by atoms with Gasteiger partial charge in [0.1, 0.15) is 18.6 Å². The SMILES string of the molecule is C=C(F)C(=O)N1CCN(c2nc(OCC3CC(F)CN3C)nc3c2CCC(CCc2ccccc2Cl)C3P)CC1CC#N. The monoisotopic (exact) mass is 630 g/mol. The van der Waals surface area contributed by atoms with Gasteiger partial charge in [-0.1, -0.05) is 36.4 Å². The Bertz CT molecular complexity index is 1390. The molecule has 8 nitrogen and oxygen atoms in total. The zero-order chi connectivity index (χ0) is 30.7. The minimum absolute atomic E-state index is 0.0485. The second-order valence-electron chi connectivity index (χ2n) is 11.8. The van der Waals surface area contributed by atoms with Crippen LogP contribution in [0.1, 0.15) is 48.2 Å². The molecule has 1 amide bonds. The van der Waals surface area contributed by atoms with Crippen LogP contribution in [0.2, 0.25) is 5.02 Å². The molecular formula is C31H38ClF2N6O2P. The molecule has 2 fully saturated rings. The lowest BCUT2D eigenvalue weighted by molar-refractivity contribution is -0.131. The number of nitriles is 1. The standard InChI is InChI=1S/C31H38ClF2N6O2P/c1-19(33)30(41)40-14-13-39(17-23(40)11-12-35)29-25-10-9-21(8-7-20-5-3-4-6-26(20)32)28(43)27(25)36-31(37-29)42-18-24-15-22(34)16-38(24)2/h3-6,21-24,28H,1,7-11,13-18,43H2,2H3. The molecule has 1 aromatic heterocycles. The number of piperazine rings is 1. The number of fused-ring (bicyclic) bond motifs is 1.